The van der Waals surface area contributed by atoms with Crippen molar-refractivity contribution in [3.63, 3.8) is 0 Å². The van der Waals surface area contributed by atoms with Crippen LogP contribution in [-0.2, 0) is 4.79 Å². The van der Waals surface area contributed by atoms with Crippen LogP contribution in [0.3, 0.4) is 0 Å². The van der Waals surface area contributed by atoms with Crippen LogP contribution in [0, 0.1) is 11.7 Å². The molecule has 3 unspecified atom stereocenters. The van der Waals surface area contributed by atoms with Crippen molar-refractivity contribution in [2.45, 2.75) is 63.9 Å². The maximum absolute atomic E-state index is 14.8. The molecule has 1 saturated carbocycles. The van der Waals surface area contributed by atoms with Crippen molar-refractivity contribution in [3.8, 4) is 5.75 Å². The van der Waals surface area contributed by atoms with Crippen molar-refractivity contribution in [1.29, 1.82) is 0 Å². The Morgan fingerprint density at radius 1 is 1.41 bits per heavy atom. The van der Waals surface area contributed by atoms with Crippen molar-refractivity contribution in [2.75, 3.05) is 13.2 Å². The fourth-order valence-electron chi connectivity index (χ4n) is 3.88. The summed E-state index contributed by atoms with van der Waals surface area (Å²) in [4.78, 5) is 10.4. The first-order valence-electron chi connectivity index (χ1n) is 9.97. The third kappa shape index (κ3) is 5.32. The molecule has 0 bridgehead atoms. The maximum Gasteiger partial charge on any atom is 0.207 e. The number of carbonyl (C=O) groups is 1. The molecule has 0 heterocycles. The van der Waals surface area contributed by atoms with Crippen molar-refractivity contribution in [3.05, 3.63) is 40.7 Å². The minimum atomic E-state index is -0.693. The topological polar surface area (TPSA) is 58.6 Å². The van der Waals surface area contributed by atoms with Gasteiger partial charge in [-0.2, -0.15) is 0 Å². The molecule has 4 nitrogen and oxygen atoms in total. The molecule has 2 aliphatic rings. The first-order valence-corrected chi connectivity index (χ1v) is 9.97. The van der Waals surface area contributed by atoms with E-state index >= 15 is 0 Å². The first-order chi connectivity index (χ1) is 13.0. The van der Waals surface area contributed by atoms with Gasteiger partial charge in [0.25, 0.3) is 0 Å². The highest BCUT2D eigenvalue weighted by molar-refractivity contribution is 5.46. The second kappa shape index (κ2) is 8.87. The minimum absolute atomic E-state index is 0.140. The Balaban J connectivity index is 1.71. The number of aliphatic hydroxyl groups excluding tert-OH is 1. The fourth-order valence-corrected chi connectivity index (χ4v) is 3.88. The molecule has 1 amide bonds. The number of amides is 1. The van der Waals surface area contributed by atoms with E-state index in [1.54, 1.807) is 0 Å². The zero-order valence-electron chi connectivity index (χ0n) is 16.2. The maximum atomic E-state index is 14.8. The quantitative estimate of drug-likeness (QED) is 0.479. The summed E-state index contributed by atoms with van der Waals surface area (Å²) in [6.07, 6.45) is 6.88. The predicted octanol–water partition coefficient (Wildman–Crippen LogP) is 4.04. The smallest absolute Gasteiger partial charge is 0.207 e. The molecule has 3 rings (SSSR count). The molecule has 1 fully saturated rings. The molecular formula is C22H30FNO3. The minimum Gasteiger partial charge on any atom is -0.489 e. The van der Waals surface area contributed by atoms with Gasteiger partial charge in [-0.15, -0.1) is 0 Å². The van der Waals surface area contributed by atoms with Gasteiger partial charge in [-0.05, 0) is 72.6 Å². The van der Waals surface area contributed by atoms with E-state index in [1.807, 2.05) is 13.0 Å². The van der Waals surface area contributed by atoms with Gasteiger partial charge in [0.2, 0.25) is 6.41 Å². The molecule has 0 radical (unpaired) electrons. The molecule has 2 N–H and O–H groups in total. The van der Waals surface area contributed by atoms with Crippen molar-refractivity contribution in [2.24, 2.45) is 5.92 Å². The zero-order chi connectivity index (χ0) is 19.4. The number of ether oxygens (including phenoxy) is 1. The largest absolute Gasteiger partial charge is 0.489 e. The molecule has 27 heavy (non-hydrogen) atoms. The molecule has 2 aliphatic carbocycles. The number of rotatable bonds is 10. The number of hydrogen-bond donors (Lipinski definition) is 2. The number of carbonyl (C=O) groups excluding carboxylic acids is 1. The van der Waals surface area contributed by atoms with Gasteiger partial charge < -0.3 is 15.2 Å². The van der Waals surface area contributed by atoms with Crippen LogP contribution in [0.4, 0.5) is 4.39 Å². The number of allylic oxidation sites excluding steroid dienone is 1. The molecule has 1 aromatic carbocycles. The zero-order valence-corrected chi connectivity index (χ0v) is 16.2. The highest BCUT2D eigenvalue weighted by atomic mass is 19.1. The van der Waals surface area contributed by atoms with Crippen LogP contribution in [0.15, 0.2) is 23.8 Å². The Labute approximate surface area is 160 Å². The van der Waals surface area contributed by atoms with Crippen LogP contribution in [0.25, 0.3) is 0 Å². The summed E-state index contributed by atoms with van der Waals surface area (Å²) in [5.41, 5.74) is 3.00. The lowest BCUT2D eigenvalue weighted by Gasteiger charge is -2.20. The van der Waals surface area contributed by atoms with Crippen molar-refractivity contribution in [1.82, 2.24) is 5.32 Å². The van der Waals surface area contributed by atoms with Gasteiger partial charge in [0.05, 0.1) is 6.10 Å². The van der Waals surface area contributed by atoms with Gasteiger partial charge in [0.1, 0.15) is 18.2 Å². The van der Waals surface area contributed by atoms with E-state index < -0.39 is 6.10 Å². The van der Waals surface area contributed by atoms with Crippen LogP contribution in [0.5, 0.6) is 5.75 Å². The van der Waals surface area contributed by atoms with Crippen LogP contribution in [0.1, 0.15) is 68.9 Å². The van der Waals surface area contributed by atoms with Gasteiger partial charge in [0.15, 0.2) is 0 Å². The fraction of sp³-hybridized carbons (Fsp3) is 0.591. The summed E-state index contributed by atoms with van der Waals surface area (Å²) >= 11 is 0. The van der Waals surface area contributed by atoms with E-state index in [1.165, 1.54) is 11.6 Å². The summed E-state index contributed by atoms with van der Waals surface area (Å²) in [6.45, 7) is 4.85. The molecule has 1 aromatic rings. The monoisotopic (exact) mass is 375 g/mol. The lowest BCUT2D eigenvalue weighted by atomic mass is 9.91. The Hall–Kier alpha value is -1.88. The van der Waals surface area contributed by atoms with Crippen molar-refractivity contribution >= 4 is 6.41 Å². The summed E-state index contributed by atoms with van der Waals surface area (Å²) in [5.74, 6) is 1.36. The molecule has 0 aromatic heterocycles. The van der Waals surface area contributed by atoms with Gasteiger partial charge in [-0.3, -0.25) is 4.79 Å². The van der Waals surface area contributed by atoms with Crippen LogP contribution < -0.4 is 10.1 Å². The summed E-state index contributed by atoms with van der Waals surface area (Å²) in [5, 5.41) is 12.5. The highest BCUT2D eigenvalue weighted by Gasteiger charge is 2.29. The molecule has 3 atom stereocenters. The van der Waals surface area contributed by atoms with E-state index in [2.05, 4.69) is 18.3 Å². The standard InChI is InChI=1S/C22H30FNO3/c1-14-3-4-16(7-14)12-27-22-10-21(23)19(9-20(22)17-5-6-17)15(2)8-18(26)11-24-13-25/h4,9-10,13-15,17-18,26H,3,5-8,11-12H2,1-2H3,(H,24,25). The number of aliphatic hydroxyl groups is 1. The Kier molecular flexibility index (Phi) is 6.53. The second-order valence-electron chi connectivity index (χ2n) is 8.20. The average Bonchev–Trinajstić information content (AvgIpc) is 3.39. The Bertz CT molecular complexity index is 699. The van der Waals surface area contributed by atoms with E-state index in [9.17, 15) is 14.3 Å². The van der Waals surface area contributed by atoms with Crippen LogP contribution >= 0.6 is 0 Å². The SMILES string of the molecule is CC1CC=C(COc2cc(F)c(C(C)CC(O)CNC=O)cc2C2CC2)C1. The van der Waals surface area contributed by atoms with Gasteiger partial charge >= 0.3 is 0 Å². The highest BCUT2D eigenvalue weighted by Crippen LogP contribution is 2.46. The number of halogens is 1. The van der Waals surface area contributed by atoms with E-state index in [0.717, 1.165) is 31.2 Å². The second-order valence-corrected chi connectivity index (χ2v) is 8.20. The lowest BCUT2D eigenvalue weighted by molar-refractivity contribution is -0.110. The van der Waals surface area contributed by atoms with E-state index in [-0.39, 0.29) is 18.3 Å². The van der Waals surface area contributed by atoms with Gasteiger partial charge in [-0.25, -0.2) is 4.39 Å². The molecule has 0 saturated heterocycles. The number of hydrogen-bond acceptors (Lipinski definition) is 3. The molecule has 5 heteroatoms. The number of nitrogens with one attached hydrogen (secondary N) is 1. The van der Waals surface area contributed by atoms with E-state index in [4.69, 9.17) is 4.74 Å². The van der Waals surface area contributed by atoms with Crippen LogP contribution in [0.2, 0.25) is 0 Å². The Morgan fingerprint density at radius 3 is 2.81 bits per heavy atom. The van der Waals surface area contributed by atoms with E-state index in [0.29, 0.717) is 42.6 Å². The first kappa shape index (κ1) is 19.9. The summed E-state index contributed by atoms with van der Waals surface area (Å²) < 4.78 is 20.8. The van der Waals surface area contributed by atoms with Gasteiger partial charge in [-0.1, -0.05) is 19.9 Å². The molecule has 0 aliphatic heterocycles. The summed E-state index contributed by atoms with van der Waals surface area (Å²) in [7, 11) is 0. The average molecular weight is 375 g/mol. The third-order valence-electron chi connectivity index (χ3n) is 5.57. The number of benzene rings is 1. The molecular weight excluding hydrogens is 345 g/mol. The van der Waals surface area contributed by atoms with Gasteiger partial charge in [0, 0.05) is 12.6 Å². The van der Waals surface area contributed by atoms with Crippen molar-refractivity contribution < 1.29 is 19.0 Å². The molecule has 0 spiro atoms. The predicted molar refractivity (Wildman–Crippen MR) is 103 cm³/mol. The lowest BCUT2D eigenvalue weighted by Crippen LogP contribution is -2.26. The Morgan fingerprint density at radius 2 is 2.19 bits per heavy atom. The molecule has 148 valence electrons. The van der Waals surface area contributed by atoms with Crippen LogP contribution in [-0.4, -0.2) is 30.8 Å². The third-order valence-corrected chi connectivity index (χ3v) is 5.57. The normalized spacial score (nSPS) is 21.5. The summed E-state index contributed by atoms with van der Waals surface area (Å²) in [6, 6.07) is 3.45.